The van der Waals surface area contributed by atoms with E-state index in [0.29, 0.717) is 13.0 Å². The molecule has 0 fully saturated rings. The van der Waals surface area contributed by atoms with Gasteiger partial charge in [-0.05, 0) is 42.0 Å². The maximum atomic E-state index is 12.9. The Kier molecular flexibility index (Phi) is 6.51. The highest BCUT2D eigenvalue weighted by molar-refractivity contribution is 5.88. The first-order valence-corrected chi connectivity index (χ1v) is 11.1. The van der Waals surface area contributed by atoms with Gasteiger partial charge >= 0.3 is 0 Å². The number of carbonyl (C=O) groups excluding carboxylic acids is 1. The summed E-state index contributed by atoms with van der Waals surface area (Å²) in [6.45, 7) is 4.93. The molecule has 0 radical (unpaired) electrons. The standard InChI is InChI=1S/C28H30N2O/c1-3-22-12-8-14-24-26(19-30-28(22)24)25(23-13-7-9-20(2)17-23)18-27(31)29-16-15-21-10-5-4-6-11-21/h4-14,17,19,25,30H,3,15-16,18H2,1-2H3,(H,29,31). The van der Waals surface area contributed by atoms with E-state index in [2.05, 4.69) is 84.9 Å². The van der Waals surface area contributed by atoms with E-state index in [-0.39, 0.29) is 11.8 Å². The number of aryl methyl sites for hydroxylation is 2. The minimum atomic E-state index is 0.0116. The lowest BCUT2D eigenvalue weighted by atomic mass is 9.87. The molecule has 3 heteroatoms. The highest BCUT2D eigenvalue weighted by Crippen LogP contribution is 2.34. The zero-order valence-corrected chi connectivity index (χ0v) is 18.3. The maximum absolute atomic E-state index is 12.9. The van der Waals surface area contributed by atoms with Crippen molar-refractivity contribution in [2.75, 3.05) is 6.54 Å². The van der Waals surface area contributed by atoms with Crippen LogP contribution in [0.25, 0.3) is 10.9 Å². The van der Waals surface area contributed by atoms with Crippen LogP contribution in [0.5, 0.6) is 0 Å². The molecule has 2 N–H and O–H groups in total. The van der Waals surface area contributed by atoms with Gasteiger partial charge in [-0.25, -0.2) is 0 Å². The molecule has 1 heterocycles. The van der Waals surface area contributed by atoms with E-state index in [0.717, 1.165) is 12.8 Å². The molecule has 4 aromatic rings. The summed E-state index contributed by atoms with van der Waals surface area (Å²) in [6.07, 6.45) is 4.34. The second-order valence-corrected chi connectivity index (χ2v) is 8.19. The van der Waals surface area contributed by atoms with Gasteiger partial charge in [0, 0.05) is 36.0 Å². The molecule has 1 aromatic heterocycles. The van der Waals surface area contributed by atoms with Crippen LogP contribution in [-0.4, -0.2) is 17.4 Å². The van der Waals surface area contributed by atoms with E-state index in [1.807, 2.05) is 18.2 Å². The molecule has 1 atom stereocenters. The summed E-state index contributed by atoms with van der Waals surface area (Å²) in [5.74, 6) is 0.0981. The predicted molar refractivity (Wildman–Crippen MR) is 128 cm³/mol. The minimum absolute atomic E-state index is 0.0116. The number of nitrogens with one attached hydrogen (secondary N) is 2. The Morgan fingerprint density at radius 3 is 2.58 bits per heavy atom. The Morgan fingerprint density at radius 2 is 1.81 bits per heavy atom. The van der Waals surface area contributed by atoms with Crippen LogP contribution in [0.3, 0.4) is 0 Å². The number of H-pyrrole nitrogens is 1. The van der Waals surface area contributed by atoms with Crippen LogP contribution in [-0.2, 0) is 17.6 Å². The van der Waals surface area contributed by atoms with Gasteiger partial charge < -0.3 is 10.3 Å². The third-order valence-corrected chi connectivity index (χ3v) is 6.00. The van der Waals surface area contributed by atoms with E-state index in [1.165, 1.54) is 38.7 Å². The van der Waals surface area contributed by atoms with Crippen LogP contribution in [0.2, 0.25) is 0 Å². The maximum Gasteiger partial charge on any atom is 0.220 e. The molecule has 1 unspecified atom stereocenters. The van der Waals surface area contributed by atoms with Crippen LogP contribution in [0, 0.1) is 6.92 Å². The fraction of sp³-hybridized carbons (Fsp3) is 0.250. The van der Waals surface area contributed by atoms with Crippen molar-refractivity contribution >= 4 is 16.8 Å². The summed E-state index contributed by atoms with van der Waals surface area (Å²) >= 11 is 0. The topological polar surface area (TPSA) is 44.9 Å². The average molecular weight is 411 g/mol. The van der Waals surface area contributed by atoms with Gasteiger partial charge in [-0.15, -0.1) is 0 Å². The Balaban J connectivity index is 1.58. The highest BCUT2D eigenvalue weighted by atomic mass is 16.1. The molecule has 0 aliphatic carbocycles. The molecule has 158 valence electrons. The van der Waals surface area contributed by atoms with E-state index in [1.54, 1.807) is 0 Å². The van der Waals surface area contributed by atoms with Gasteiger partial charge in [0.2, 0.25) is 5.91 Å². The lowest BCUT2D eigenvalue weighted by molar-refractivity contribution is -0.121. The Hall–Kier alpha value is -3.33. The highest BCUT2D eigenvalue weighted by Gasteiger charge is 2.22. The van der Waals surface area contributed by atoms with Gasteiger partial charge in [-0.3, -0.25) is 4.79 Å². The molecule has 0 bridgehead atoms. The van der Waals surface area contributed by atoms with Gasteiger partial charge in [-0.1, -0.05) is 85.3 Å². The molecule has 0 aliphatic rings. The number of fused-ring (bicyclic) bond motifs is 1. The Morgan fingerprint density at radius 1 is 1.00 bits per heavy atom. The molecule has 0 aliphatic heterocycles. The number of para-hydroxylation sites is 1. The summed E-state index contributed by atoms with van der Waals surface area (Å²) in [4.78, 5) is 16.4. The predicted octanol–water partition coefficient (Wildman–Crippen LogP) is 5.92. The van der Waals surface area contributed by atoms with Crippen molar-refractivity contribution in [1.29, 1.82) is 0 Å². The number of hydrogen-bond acceptors (Lipinski definition) is 1. The van der Waals surface area contributed by atoms with Crippen LogP contribution in [0.1, 0.15) is 47.1 Å². The second-order valence-electron chi connectivity index (χ2n) is 8.19. The molecule has 31 heavy (non-hydrogen) atoms. The summed E-state index contributed by atoms with van der Waals surface area (Å²) in [7, 11) is 0. The fourth-order valence-electron chi connectivity index (χ4n) is 4.36. The number of carbonyl (C=O) groups is 1. The summed E-state index contributed by atoms with van der Waals surface area (Å²) in [5.41, 5.74) is 7.30. The van der Waals surface area contributed by atoms with Gasteiger partial charge in [0.15, 0.2) is 0 Å². The van der Waals surface area contributed by atoms with Crippen molar-refractivity contribution in [1.82, 2.24) is 10.3 Å². The molecule has 3 nitrogen and oxygen atoms in total. The molecule has 0 saturated heterocycles. The fourth-order valence-corrected chi connectivity index (χ4v) is 4.36. The number of aromatic amines is 1. The van der Waals surface area contributed by atoms with Crippen LogP contribution in [0.4, 0.5) is 0 Å². The monoisotopic (exact) mass is 410 g/mol. The van der Waals surface area contributed by atoms with Crippen molar-refractivity contribution in [3.63, 3.8) is 0 Å². The second kappa shape index (κ2) is 9.65. The average Bonchev–Trinajstić information content (AvgIpc) is 3.22. The quantitative estimate of drug-likeness (QED) is 0.372. The molecule has 0 saturated carbocycles. The van der Waals surface area contributed by atoms with Crippen molar-refractivity contribution in [2.45, 2.75) is 39.0 Å². The number of benzene rings is 3. The Labute approximate surface area is 184 Å². The number of hydrogen-bond donors (Lipinski definition) is 2. The summed E-state index contributed by atoms with van der Waals surface area (Å²) in [5, 5.41) is 4.34. The van der Waals surface area contributed by atoms with Gasteiger partial charge in [0.25, 0.3) is 0 Å². The van der Waals surface area contributed by atoms with Crippen molar-refractivity contribution in [3.05, 3.63) is 107 Å². The number of amides is 1. The zero-order chi connectivity index (χ0) is 21.6. The molecule has 1 amide bonds. The number of aromatic nitrogens is 1. The minimum Gasteiger partial charge on any atom is -0.361 e. The molecular weight excluding hydrogens is 380 g/mol. The first kappa shape index (κ1) is 20.9. The lowest BCUT2D eigenvalue weighted by Crippen LogP contribution is -2.27. The normalized spacial score (nSPS) is 12.1. The van der Waals surface area contributed by atoms with E-state index in [9.17, 15) is 4.79 Å². The SMILES string of the molecule is CCc1cccc2c(C(CC(=O)NCCc3ccccc3)c3cccc(C)c3)c[nH]c12. The summed E-state index contributed by atoms with van der Waals surface area (Å²) < 4.78 is 0. The third-order valence-electron chi connectivity index (χ3n) is 6.00. The van der Waals surface area contributed by atoms with Crippen molar-refractivity contribution < 1.29 is 4.79 Å². The third kappa shape index (κ3) is 4.88. The van der Waals surface area contributed by atoms with Crippen LogP contribution < -0.4 is 5.32 Å². The number of rotatable bonds is 8. The molecular formula is C28H30N2O. The first-order chi connectivity index (χ1) is 15.2. The Bertz CT molecular complexity index is 1160. The van der Waals surface area contributed by atoms with Crippen LogP contribution in [0.15, 0.2) is 79.0 Å². The van der Waals surface area contributed by atoms with E-state index >= 15 is 0 Å². The van der Waals surface area contributed by atoms with E-state index in [4.69, 9.17) is 0 Å². The molecule has 0 spiro atoms. The largest absolute Gasteiger partial charge is 0.361 e. The van der Waals surface area contributed by atoms with Crippen molar-refractivity contribution in [2.24, 2.45) is 0 Å². The van der Waals surface area contributed by atoms with Crippen LogP contribution >= 0.6 is 0 Å². The first-order valence-electron chi connectivity index (χ1n) is 11.1. The smallest absolute Gasteiger partial charge is 0.220 e. The van der Waals surface area contributed by atoms with Gasteiger partial charge in [-0.2, -0.15) is 0 Å². The molecule has 3 aromatic carbocycles. The van der Waals surface area contributed by atoms with E-state index < -0.39 is 0 Å². The van der Waals surface area contributed by atoms with Crippen molar-refractivity contribution in [3.8, 4) is 0 Å². The summed E-state index contributed by atoms with van der Waals surface area (Å²) in [6, 6.07) is 25.2. The van der Waals surface area contributed by atoms with Gasteiger partial charge in [0.05, 0.1) is 0 Å². The molecule has 4 rings (SSSR count). The lowest BCUT2D eigenvalue weighted by Gasteiger charge is -2.18. The van der Waals surface area contributed by atoms with Gasteiger partial charge in [0.1, 0.15) is 0 Å². The zero-order valence-electron chi connectivity index (χ0n) is 18.3.